The van der Waals surface area contributed by atoms with Crippen molar-refractivity contribution in [1.82, 2.24) is 0 Å². The lowest BCUT2D eigenvalue weighted by Gasteiger charge is -2.16. The van der Waals surface area contributed by atoms with Crippen molar-refractivity contribution in [1.29, 1.82) is 0 Å². The zero-order chi connectivity index (χ0) is 20.9. The molecule has 0 bridgehead atoms. The Kier molecular flexibility index (Phi) is 6.50. The number of para-hydroxylation sites is 1. The minimum Gasteiger partial charge on any atom is -0.493 e. The van der Waals surface area contributed by atoms with E-state index in [1.165, 1.54) is 33.3 Å². The quantitative estimate of drug-likeness (QED) is 0.749. The number of ether oxygens (including phenoxy) is 3. The Morgan fingerprint density at radius 1 is 1.04 bits per heavy atom. The number of esters is 1. The van der Waals surface area contributed by atoms with Gasteiger partial charge >= 0.3 is 12.1 Å². The summed E-state index contributed by atoms with van der Waals surface area (Å²) in [6.07, 6.45) is -5.81. The van der Waals surface area contributed by atoms with E-state index in [-0.39, 0.29) is 17.0 Å². The van der Waals surface area contributed by atoms with Gasteiger partial charge in [-0.1, -0.05) is 12.1 Å². The van der Waals surface area contributed by atoms with Crippen LogP contribution in [0.3, 0.4) is 0 Å². The molecule has 1 atom stereocenters. The molecule has 1 amide bonds. The lowest BCUT2D eigenvalue weighted by molar-refractivity contribution is -0.137. The van der Waals surface area contributed by atoms with Crippen molar-refractivity contribution in [3.63, 3.8) is 0 Å². The second-order valence-corrected chi connectivity index (χ2v) is 5.66. The number of benzene rings is 2. The second-order valence-electron chi connectivity index (χ2n) is 5.66. The number of carbonyl (C=O) groups excluding carboxylic acids is 2. The first-order valence-corrected chi connectivity index (χ1v) is 8.07. The predicted octanol–water partition coefficient (Wildman–Crippen LogP) is 3.91. The molecule has 0 aliphatic carbocycles. The van der Waals surface area contributed by atoms with Crippen LogP contribution in [0.15, 0.2) is 42.5 Å². The van der Waals surface area contributed by atoms with Gasteiger partial charge in [-0.05, 0) is 37.3 Å². The molecule has 150 valence electrons. The number of hydrogen-bond acceptors (Lipinski definition) is 5. The van der Waals surface area contributed by atoms with E-state index in [1.807, 2.05) is 0 Å². The number of carbonyl (C=O) groups is 2. The summed E-state index contributed by atoms with van der Waals surface area (Å²) in [6.45, 7) is 1.30. The maximum atomic E-state index is 12.8. The standard InChI is InChI=1S/C19H18F3NO5/c1-11(17(24)23-13-7-4-6-12(10-13)19(20,21)22)28-18(25)14-8-5-9-15(26-2)16(14)27-3/h4-11H,1-3H3,(H,23,24)/t11-/m1/s1. The average Bonchev–Trinajstić information content (AvgIpc) is 2.66. The molecule has 0 spiro atoms. The van der Waals surface area contributed by atoms with Gasteiger partial charge in [0, 0.05) is 5.69 Å². The zero-order valence-electron chi connectivity index (χ0n) is 15.3. The fourth-order valence-electron chi connectivity index (χ4n) is 2.34. The van der Waals surface area contributed by atoms with Gasteiger partial charge in [-0.25, -0.2) is 4.79 Å². The molecule has 6 nitrogen and oxygen atoms in total. The van der Waals surface area contributed by atoms with E-state index in [9.17, 15) is 22.8 Å². The summed E-state index contributed by atoms with van der Waals surface area (Å²) in [5, 5.41) is 2.29. The van der Waals surface area contributed by atoms with Crippen molar-refractivity contribution in [2.45, 2.75) is 19.2 Å². The molecule has 2 aromatic rings. The molecular formula is C19H18F3NO5. The van der Waals surface area contributed by atoms with E-state index in [0.29, 0.717) is 5.75 Å². The largest absolute Gasteiger partial charge is 0.493 e. The van der Waals surface area contributed by atoms with E-state index in [1.54, 1.807) is 12.1 Å². The predicted molar refractivity (Wildman–Crippen MR) is 94.5 cm³/mol. The van der Waals surface area contributed by atoms with Gasteiger partial charge in [0.2, 0.25) is 0 Å². The normalized spacial score (nSPS) is 12.1. The van der Waals surface area contributed by atoms with E-state index in [4.69, 9.17) is 14.2 Å². The Hall–Kier alpha value is -3.23. The Morgan fingerprint density at radius 3 is 2.32 bits per heavy atom. The number of alkyl halides is 3. The van der Waals surface area contributed by atoms with E-state index in [0.717, 1.165) is 18.2 Å². The molecule has 2 rings (SSSR count). The lowest BCUT2D eigenvalue weighted by Crippen LogP contribution is -2.30. The monoisotopic (exact) mass is 397 g/mol. The van der Waals surface area contributed by atoms with Gasteiger partial charge in [0.05, 0.1) is 19.8 Å². The van der Waals surface area contributed by atoms with Crippen molar-refractivity contribution in [3.8, 4) is 11.5 Å². The number of methoxy groups -OCH3 is 2. The first kappa shape index (κ1) is 21.1. The molecule has 0 saturated carbocycles. The first-order chi connectivity index (χ1) is 13.2. The molecule has 0 aliphatic heterocycles. The van der Waals surface area contributed by atoms with Crippen molar-refractivity contribution in [3.05, 3.63) is 53.6 Å². The number of amides is 1. The molecule has 1 N–H and O–H groups in total. The van der Waals surface area contributed by atoms with Gasteiger partial charge in [-0.2, -0.15) is 13.2 Å². The third-order valence-electron chi connectivity index (χ3n) is 3.73. The molecule has 0 saturated heterocycles. The number of nitrogens with one attached hydrogen (secondary N) is 1. The fraction of sp³-hybridized carbons (Fsp3) is 0.263. The van der Waals surface area contributed by atoms with Gasteiger partial charge in [0.1, 0.15) is 5.56 Å². The van der Waals surface area contributed by atoms with Crippen LogP contribution in [0.1, 0.15) is 22.8 Å². The van der Waals surface area contributed by atoms with E-state index in [2.05, 4.69) is 5.32 Å². The maximum absolute atomic E-state index is 12.8. The van der Waals surface area contributed by atoms with Gasteiger partial charge in [0.15, 0.2) is 17.6 Å². The third-order valence-corrected chi connectivity index (χ3v) is 3.73. The number of anilines is 1. The van der Waals surface area contributed by atoms with Gasteiger partial charge in [-0.15, -0.1) is 0 Å². The topological polar surface area (TPSA) is 73.9 Å². The van der Waals surface area contributed by atoms with Crippen molar-refractivity contribution >= 4 is 17.6 Å². The smallest absolute Gasteiger partial charge is 0.416 e. The third kappa shape index (κ3) is 4.93. The van der Waals surface area contributed by atoms with Crippen LogP contribution < -0.4 is 14.8 Å². The molecule has 0 radical (unpaired) electrons. The molecule has 0 unspecified atom stereocenters. The van der Waals surface area contributed by atoms with Gasteiger partial charge in [-0.3, -0.25) is 4.79 Å². The molecule has 0 heterocycles. The Labute approximate surface area is 159 Å². The fourth-order valence-corrected chi connectivity index (χ4v) is 2.34. The molecule has 2 aromatic carbocycles. The van der Waals surface area contributed by atoms with Crippen LogP contribution in [-0.4, -0.2) is 32.2 Å². The molecule has 0 aromatic heterocycles. The highest BCUT2D eigenvalue weighted by molar-refractivity contribution is 5.98. The summed E-state index contributed by atoms with van der Waals surface area (Å²) in [5.41, 5.74) is -0.932. The highest BCUT2D eigenvalue weighted by Gasteiger charge is 2.31. The first-order valence-electron chi connectivity index (χ1n) is 8.07. The second kappa shape index (κ2) is 8.64. The maximum Gasteiger partial charge on any atom is 0.416 e. The summed E-state index contributed by atoms with van der Waals surface area (Å²) >= 11 is 0. The number of rotatable bonds is 6. The minimum atomic E-state index is -4.54. The van der Waals surface area contributed by atoms with Crippen LogP contribution in [0.25, 0.3) is 0 Å². The van der Waals surface area contributed by atoms with Crippen LogP contribution in [-0.2, 0) is 15.7 Å². The van der Waals surface area contributed by atoms with Gasteiger partial charge < -0.3 is 19.5 Å². The van der Waals surface area contributed by atoms with Crippen LogP contribution in [0.5, 0.6) is 11.5 Å². The van der Waals surface area contributed by atoms with Crippen LogP contribution in [0.4, 0.5) is 18.9 Å². The molecule has 0 aliphatic rings. The van der Waals surface area contributed by atoms with Crippen LogP contribution >= 0.6 is 0 Å². The minimum absolute atomic E-state index is 0.0422. The SMILES string of the molecule is COc1cccc(C(=O)O[C@H](C)C(=O)Nc2cccc(C(F)(F)F)c2)c1OC. The van der Waals surface area contributed by atoms with Gasteiger partial charge in [0.25, 0.3) is 5.91 Å². The highest BCUT2D eigenvalue weighted by atomic mass is 19.4. The van der Waals surface area contributed by atoms with Crippen LogP contribution in [0.2, 0.25) is 0 Å². The Morgan fingerprint density at radius 2 is 1.71 bits per heavy atom. The average molecular weight is 397 g/mol. The highest BCUT2D eigenvalue weighted by Crippen LogP contribution is 2.32. The van der Waals surface area contributed by atoms with Crippen LogP contribution in [0, 0.1) is 0 Å². The van der Waals surface area contributed by atoms with E-state index < -0.39 is 29.7 Å². The number of hydrogen-bond donors (Lipinski definition) is 1. The molecule has 28 heavy (non-hydrogen) atoms. The summed E-state index contributed by atoms with van der Waals surface area (Å²) < 4.78 is 53.6. The van der Waals surface area contributed by atoms with Crippen molar-refractivity contribution < 1.29 is 37.0 Å². The zero-order valence-corrected chi connectivity index (χ0v) is 15.3. The summed E-state index contributed by atoms with van der Waals surface area (Å²) in [5.74, 6) is -1.18. The van der Waals surface area contributed by atoms with E-state index >= 15 is 0 Å². The summed E-state index contributed by atoms with van der Waals surface area (Å²) in [7, 11) is 2.75. The summed E-state index contributed by atoms with van der Waals surface area (Å²) in [4.78, 5) is 24.6. The summed E-state index contributed by atoms with van der Waals surface area (Å²) in [6, 6.07) is 8.69. The Balaban J connectivity index is 2.10. The number of halogens is 3. The Bertz CT molecular complexity index is 867. The van der Waals surface area contributed by atoms with Crippen molar-refractivity contribution in [2.75, 3.05) is 19.5 Å². The molecular weight excluding hydrogens is 379 g/mol. The molecule has 9 heteroatoms. The van der Waals surface area contributed by atoms with Crippen molar-refractivity contribution in [2.24, 2.45) is 0 Å². The lowest BCUT2D eigenvalue weighted by atomic mass is 10.2. The molecule has 0 fully saturated rings.